The molecule has 3 unspecified atom stereocenters. The largest absolute Gasteiger partial charge is 0.378 e. The van der Waals surface area contributed by atoms with Gasteiger partial charge in [-0.1, -0.05) is 40.0 Å². The summed E-state index contributed by atoms with van der Waals surface area (Å²) in [6, 6.07) is 14.5. The third kappa shape index (κ3) is 20.0. The Kier molecular flexibility index (Phi) is 29.8. The zero-order valence-electron chi connectivity index (χ0n) is 64.3. The lowest BCUT2D eigenvalue weighted by atomic mass is 10.0. The predicted octanol–water partition coefficient (Wildman–Crippen LogP) is 15.1. The number of anilines is 6. The van der Waals surface area contributed by atoms with Crippen molar-refractivity contribution in [1.29, 1.82) is 0 Å². The van der Waals surface area contributed by atoms with Gasteiger partial charge in [0.25, 0.3) is 17.7 Å². The van der Waals surface area contributed by atoms with Gasteiger partial charge in [-0.15, -0.1) is 0 Å². The highest BCUT2D eigenvalue weighted by atomic mass is 32.1. The van der Waals surface area contributed by atoms with E-state index in [0.717, 1.165) is 74.9 Å². The first-order chi connectivity index (χ1) is 53.5. The van der Waals surface area contributed by atoms with Crippen molar-refractivity contribution >= 4 is 126 Å². The van der Waals surface area contributed by atoms with E-state index in [1.807, 2.05) is 14.7 Å². The predicted molar refractivity (Wildman–Crippen MR) is 437 cm³/mol. The molecule has 0 bridgehead atoms. The van der Waals surface area contributed by atoms with E-state index >= 15 is 0 Å². The second-order valence-electron chi connectivity index (χ2n) is 29.1. The van der Waals surface area contributed by atoms with Crippen molar-refractivity contribution in [2.75, 3.05) is 149 Å². The number of amides is 3. The van der Waals surface area contributed by atoms with Gasteiger partial charge in [0.1, 0.15) is 17.5 Å². The summed E-state index contributed by atoms with van der Waals surface area (Å²) in [5.74, 6) is -8.95. The summed E-state index contributed by atoms with van der Waals surface area (Å²) in [5, 5.41) is 9.11. The van der Waals surface area contributed by atoms with Gasteiger partial charge in [-0.3, -0.25) is 29.3 Å². The lowest BCUT2D eigenvalue weighted by Gasteiger charge is -2.28. The van der Waals surface area contributed by atoms with Crippen molar-refractivity contribution in [3.05, 3.63) is 177 Å². The molecule has 3 amide bonds. The Morgan fingerprint density at radius 1 is 0.377 bits per heavy atom. The van der Waals surface area contributed by atoms with Crippen LogP contribution in [0.25, 0.3) is 33.1 Å². The molecule has 6 aromatic carbocycles. The van der Waals surface area contributed by atoms with Gasteiger partial charge in [0, 0.05) is 165 Å². The Hall–Kier alpha value is -9.15. The number of rotatable bonds is 18. The number of likely N-dealkylation sites (tertiary alicyclic amines) is 3. The van der Waals surface area contributed by atoms with Crippen LogP contribution in [0.5, 0.6) is 0 Å². The van der Waals surface area contributed by atoms with E-state index in [-0.39, 0.29) is 75.3 Å². The molecule has 6 saturated heterocycles. The molecule has 6 fully saturated rings. The van der Waals surface area contributed by atoms with E-state index in [2.05, 4.69) is 66.4 Å². The minimum absolute atomic E-state index is 0. The maximum atomic E-state index is 13.9. The number of hydrogen-bond donors (Lipinski definition) is 3. The molecule has 33 heteroatoms. The van der Waals surface area contributed by atoms with Gasteiger partial charge in [0.05, 0.1) is 109 Å². The van der Waals surface area contributed by atoms with Crippen molar-refractivity contribution < 1.29 is 68.1 Å². The van der Waals surface area contributed by atoms with Crippen LogP contribution < -0.4 is 30.7 Å². The second kappa shape index (κ2) is 39.0. The fraction of sp³-hybridized carbons (Fsp3) is 0.444. The summed E-state index contributed by atoms with van der Waals surface area (Å²) in [4.78, 5) is 80.6. The highest BCUT2D eigenvalue weighted by molar-refractivity contribution is 7.59. The molecule has 21 nitrogen and oxygen atoms in total. The maximum Gasteiger partial charge on any atom is 0.253 e. The summed E-state index contributed by atoms with van der Waals surface area (Å²) in [6.07, 6.45) is 11.1. The van der Waals surface area contributed by atoms with Crippen LogP contribution in [0.1, 0.15) is 146 Å². The Labute approximate surface area is 676 Å². The third-order valence-electron chi connectivity index (χ3n) is 21.7. The number of carbonyl (C=O) groups excluding carboxylic acids is 3. The molecule has 9 aromatic rings. The van der Waals surface area contributed by atoms with E-state index in [9.17, 15) is 53.9 Å². The number of morpholine rings is 3. The number of nitrogens with zero attached hydrogens (tertiary/aromatic N) is 12. The fourth-order valence-corrected chi connectivity index (χ4v) is 15.1. The normalized spacial score (nSPS) is 18.4. The summed E-state index contributed by atoms with van der Waals surface area (Å²) in [6.45, 7) is 23.7. The van der Waals surface area contributed by atoms with Crippen LogP contribution >= 0.6 is 40.5 Å². The van der Waals surface area contributed by atoms with E-state index in [1.165, 1.54) is 0 Å². The summed E-state index contributed by atoms with van der Waals surface area (Å²) >= 11 is 0. The number of nitrogens with one attached hydrogen (secondary N) is 3. The van der Waals surface area contributed by atoms with Gasteiger partial charge < -0.3 is 59.6 Å². The molecule has 6 aliphatic heterocycles. The van der Waals surface area contributed by atoms with Crippen molar-refractivity contribution in [3.63, 3.8) is 0 Å². The minimum atomic E-state index is -1.52. The average Bonchev–Trinajstić information content (AvgIpc) is 0.887. The molecule has 114 heavy (non-hydrogen) atoms. The van der Waals surface area contributed by atoms with Crippen molar-refractivity contribution in [2.45, 2.75) is 98.2 Å². The van der Waals surface area contributed by atoms with Crippen LogP contribution in [0, 0.1) is 70.1 Å². The lowest BCUT2D eigenvalue weighted by molar-refractivity contribution is 0.0779. The quantitative estimate of drug-likeness (QED) is 0.0538. The molecule has 612 valence electrons. The molecule has 0 saturated carbocycles. The van der Waals surface area contributed by atoms with Gasteiger partial charge in [-0.2, -0.15) is 40.5 Å². The summed E-state index contributed by atoms with van der Waals surface area (Å²) < 4.78 is 140. The number of benzene rings is 6. The van der Waals surface area contributed by atoms with Crippen LogP contribution in [0.4, 0.5) is 74.0 Å². The van der Waals surface area contributed by atoms with Crippen LogP contribution in [0.15, 0.2) is 91.4 Å². The SMILES string of the molecule is CC[C@H]1CCN(C(=O)c2cc(C(C)Nc3cc(F)c(F)c(F)c3)c3nc(N4CCOCC4)cnc3c2)C1.CC[C@H]1CCN(C(=O)c2cc(C(C)Nc3cc(F)c(F)c(F)c3)c3nc(N4CCOCC4)cnc3c2)C1.CC[C@H]1CCN(C(=O)c2cc(C(C)Nc3cc(F)c(F)c(F)c3)c3nc(N4CCOCC4)cnc3c2)C1.S.S.S. The lowest BCUT2D eigenvalue weighted by Crippen LogP contribution is -2.36. The molecule has 0 spiro atoms. The molecular weight excluding hydrogens is 1550 g/mol. The van der Waals surface area contributed by atoms with Gasteiger partial charge in [-0.25, -0.2) is 54.5 Å². The molecular formula is C81H96F9N15O6S3. The van der Waals surface area contributed by atoms with E-state index in [0.29, 0.717) is 220 Å². The van der Waals surface area contributed by atoms with Gasteiger partial charge >= 0.3 is 0 Å². The van der Waals surface area contributed by atoms with E-state index < -0.39 is 70.5 Å². The zero-order chi connectivity index (χ0) is 78.3. The molecule has 9 heterocycles. The van der Waals surface area contributed by atoms with E-state index in [1.54, 1.807) is 75.8 Å². The first-order valence-electron chi connectivity index (χ1n) is 38.0. The minimum Gasteiger partial charge on any atom is -0.378 e. The molecule has 0 radical (unpaired) electrons. The third-order valence-corrected chi connectivity index (χ3v) is 21.7. The number of fused-ring (bicyclic) bond motifs is 3. The smallest absolute Gasteiger partial charge is 0.253 e. The Bertz CT molecular complexity index is 4370. The first-order valence-corrected chi connectivity index (χ1v) is 38.0. The van der Waals surface area contributed by atoms with Gasteiger partial charge in [0.15, 0.2) is 52.4 Å². The maximum absolute atomic E-state index is 13.9. The van der Waals surface area contributed by atoms with Gasteiger partial charge in [0.2, 0.25) is 0 Å². The van der Waals surface area contributed by atoms with Crippen molar-refractivity contribution in [1.82, 2.24) is 44.6 Å². The van der Waals surface area contributed by atoms with Crippen LogP contribution in [0.2, 0.25) is 0 Å². The van der Waals surface area contributed by atoms with Crippen LogP contribution in [0.3, 0.4) is 0 Å². The topological polar surface area (TPSA) is 212 Å². The highest BCUT2D eigenvalue weighted by Crippen LogP contribution is 2.36. The number of hydrogen-bond acceptors (Lipinski definition) is 18. The van der Waals surface area contributed by atoms with Crippen LogP contribution in [-0.2, 0) is 14.2 Å². The number of carbonyl (C=O) groups is 3. The number of aromatic nitrogens is 6. The first kappa shape index (κ1) is 87.2. The Balaban J connectivity index is 0.000000179. The monoisotopic (exact) mass is 1640 g/mol. The molecule has 15 rings (SSSR count). The van der Waals surface area contributed by atoms with Crippen molar-refractivity contribution in [2.24, 2.45) is 17.8 Å². The van der Waals surface area contributed by atoms with Gasteiger partial charge in [-0.05, 0) is 94.2 Å². The highest BCUT2D eigenvalue weighted by Gasteiger charge is 2.33. The Morgan fingerprint density at radius 3 is 0.833 bits per heavy atom. The van der Waals surface area contributed by atoms with Crippen molar-refractivity contribution in [3.8, 4) is 0 Å². The average molecular weight is 1640 g/mol. The molecule has 0 aliphatic carbocycles. The zero-order valence-corrected chi connectivity index (χ0v) is 67.3. The van der Waals surface area contributed by atoms with Crippen LogP contribution in [-0.4, -0.2) is 181 Å². The summed E-state index contributed by atoms with van der Waals surface area (Å²) in [5.41, 5.74) is 7.04. The Morgan fingerprint density at radius 2 is 0.614 bits per heavy atom. The molecule has 3 N–H and O–H groups in total. The fourth-order valence-electron chi connectivity index (χ4n) is 15.1. The molecule has 6 atom stereocenters. The van der Waals surface area contributed by atoms with E-state index in [4.69, 9.17) is 29.2 Å². The number of halogens is 9. The molecule has 3 aromatic heterocycles. The standard InChI is InChI=1S/3C27H30F3N5O2.3H2S/c3*1-3-17-4-5-35(15-17)27(36)18-10-20(16(2)32-19-12-21(28)25(30)22(29)13-19)26-23(11-18)31-14-24(33-26)34-6-8-37-9-7-34;;;/h3*10-14,16-17,32H,3-9,15H2,1-2H3;3*1H2/t3*16?,17-;;;/m000.../s1. The number of ether oxygens (including phenoxy) is 3. The summed E-state index contributed by atoms with van der Waals surface area (Å²) in [7, 11) is 0. The second-order valence-corrected chi connectivity index (χ2v) is 29.1. The molecule has 6 aliphatic rings.